The number of hydrogen-bond donors (Lipinski definition) is 0. The quantitative estimate of drug-likeness (QED) is 0.455. The van der Waals surface area contributed by atoms with Crippen molar-refractivity contribution in [3.8, 4) is 11.8 Å². The maximum absolute atomic E-state index is 11.3. The molecule has 0 radical (unpaired) electrons. The number of rotatable bonds is 2. The molecular weight excluding hydrogens is 224 g/mol. The summed E-state index contributed by atoms with van der Waals surface area (Å²) in [5.74, 6) is 6.23. The number of benzene rings is 1. The van der Waals surface area contributed by atoms with Crippen molar-refractivity contribution in [3.05, 3.63) is 45.8 Å². The van der Waals surface area contributed by atoms with Crippen molar-refractivity contribution in [2.24, 2.45) is 0 Å². The lowest BCUT2D eigenvalue weighted by molar-refractivity contribution is 0.560. The zero-order valence-corrected chi connectivity index (χ0v) is 10.7. The number of unbranched alkanes of at least 4 members (excludes halogenated alkanes) is 2. The topological polar surface area (TPSA) is 30.2 Å². The van der Waals surface area contributed by atoms with Gasteiger partial charge in [-0.3, -0.25) is 0 Å². The second-order valence-corrected chi connectivity index (χ2v) is 4.36. The molecule has 0 bridgehead atoms. The molecule has 0 unspecified atom stereocenters. The molecule has 0 aliphatic carbocycles. The Morgan fingerprint density at radius 2 is 2.11 bits per heavy atom. The van der Waals surface area contributed by atoms with Gasteiger partial charge in [0.05, 0.1) is 0 Å². The zero-order chi connectivity index (χ0) is 13.0. The van der Waals surface area contributed by atoms with Gasteiger partial charge in [0.2, 0.25) is 0 Å². The number of hydrogen-bond acceptors (Lipinski definition) is 2. The first-order chi connectivity index (χ1) is 8.70. The number of aryl methyl sites for hydroxylation is 1. The molecule has 0 spiro atoms. The summed E-state index contributed by atoms with van der Waals surface area (Å²) < 4.78 is 5.19. The first-order valence-corrected chi connectivity index (χ1v) is 6.24. The molecule has 0 fully saturated rings. The Balaban J connectivity index is 2.37. The maximum atomic E-state index is 11.3. The SMILES string of the molecule is CCCCC#Cc1ccc2c(C)cc(=O)oc2c1. The highest BCUT2D eigenvalue weighted by Crippen LogP contribution is 2.17. The third-order valence-electron chi connectivity index (χ3n) is 2.84. The van der Waals surface area contributed by atoms with Crippen LogP contribution < -0.4 is 5.63 Å². The maximum Gasteiger partial charge on any atom is 0.336 e. The molecule has 0 saturated heterocycles. The summed E-state index contributed by atoms with van der Waals surface area (Å²) in [6.45, 7) is 4.06. The van der Waals surface area contributed by atoms with Crippen LogP contribution in [0.4, 0.5) is 0 Å². The van der Waals surface area contributed by atoms with Gasteiger partial charge in [-0.15, -0.1) is 0 Å². The van der Waals surface area contributed by atoms with Gasteiger partial charge in [-0.1, -0.05) is 25.2 Å². The largest absolute Gasteiger partial charge is 0.423 e. The molecule has 0 N–H and O–H groups in total. The Bertz CT molecular complexity index is 669. The van der Waals surface area contributed by atoms with E-state index in [1.807, 2.05) is 25.1 Å². The van der Waals surface area contributed by atoms with E-state index in [4.69, 9.17) is 4.42 Å². The van der Waals surface area contributed by atoms with Crippen LogP contribution in [0.3, 0.4) is 0 Å². The average molecular weight is 240 g/mol. The lowest BCUT2D eigenvalue weighted by Crippen LogP contribution is -1.97. The van der Waals surface area contributed by atoms with Crippen molar-refractivity contribution >= 4 is 11.0 Å². The third-order valence-corrected chi connectivity index (χ3v) is 2.84. The van der Waals surface area contributed by atoms with Crippen molar-refractivity contribution in [2.75, 3.05) is 0 Å². The smallest absolute Gasteiger partial charge is 0.336 e. The first-order valence-electron chi connectivity index (χ1n) is 6.24. The fourth-order valence-corrected chi connectivity index (χ4v) is 1.83. The van der Waals surface area contributed by atoms with E-state index in [0.29, 0.717) is 5.58 Å². The molecule has 1 aromatic heterocycles. The van der Waals surface area contributed by atoms with Gasteiger partial charge in [-0.2, -0.15) is 0 Å². The molecule has 2 nitrogen and oxygen atoms in total. The van der Waals surface area contributed by atoms with Gasteiger partial charge in [0, 0.05) is 23.4 Å². The van der Waals surface area contributed by atoms with Crippen molar-refractivity contribution in [1.82, 2.24) is 0 Å². The summed E-state index contributed by atoms with van der Waals surface area (Å²) in [4.78, 5) is 11.3. The lowest BCUT2D eigenvalue weighted by Gasteiger charge is -2.00. The van der Waals surface area contributed by atoms with Gasteiger partial charge < -0.3 is 4.42 Å². The summed E-state index contributed by atoms with van der Waals surface area (Å²) in [6.07, 6.45) is 3.18. The molecule has 92 valence electrons. The molecule has 2 rings (SSSR count). The van der Waals surface area contributed by atoms with Gasteiger partial charge >= 0.3 is 5.63 Å². The second kappa shape index (κ2) is 5.55. The molecule has 2 aromatic rings. The normalized spacial score (nSPS) is 10.1. The molecule has 18 heavy (non-hydrogen) atoms. The minimum absolute atomic E-state index is 0.309. The predicted molar refractivity (Wildman–Crippen MR) is 73.6 cm³/mol. The van der Waals surface area contributed by atoms with Crippen molar-refractivity contribution in [1.29, 1.82) is 0 Å². The monoisotopic (exact) mass is 240 g/mol. The Morgan fingerprint density at radius 1 is 1.28 bits per heavy atom. The standard InChI is InChI=1S/C16H16O2/c1-3-4-5-6-7-13-8-9-14-12(2)10-16(17)18-15(14)11-13/h8-11H,3-5H2,1-2H3. The van der Waals surface area contributed by atoms with Gasteiger partial charge in [-0.25, -0.2) is 4.79 Å². The Morgan fingerprint density at radius 3 is 2.89 bits per heavy atom. The van der Waals surface area contributed by atoms with E-state index in [-0.39, 0.29) is 5.63 Å². The Hall–Kier alpha value is -2.01. The minimum atomic E-state index is -0.309. The summed E-state index contributed by atoms with van der Waals surface area (Å²) >= 11 is 0. The Labute approximate surface area is 107 Å². The van der Waals surface area contributed by atoms with Crippen LogP contribution >= 0.6 is 0 Å². The van der Waals surface area contributed by atoms with E-state index in [1.165, 1.54) is 6.07 Å². The second-order valence-electron chi connectivity index (χ2n) is 4.36. The highest BCUT2D eigenvalue weighted by molar-refractivity contribution is 5.81. The van der Waals surface area contributed by atoms with Crippen molar-refractivity contribution in [3.63, 3.8) is 0 Å². The summed E-state index contributed by atoms with van der Waals surface area (Å²) in [5.41, 5.74) is 2.14. The van der Waals surface area contributed by atoms with Crippen LogP contribution in [0.15, 0.2) is 33.5 Å². The van der Waals surface area contributed by atoms with Crippen LogP contribution in [0, 0.1) is 18.8 Å². The molecule has 0 aliphatic rings. The van der Waals surface area contributed by atoms with Crippen LogP contribution in [0.1, 0.15) is 37.3 Å². The van der Waals surface area contributed by atoms with Gasteiger partial charge in [0.1, 0.15) is 5.58 Å². The molecule has 0 atom stereocenters. The van der Waals surface area contributed by atoms with Gasteiger partial charge in [-0.05, 0) is 37.1 Å². The van der Waals surface area contributed by atoms with Gasteiger partial charge in [0.25, 0.3) is 0 Å². The van der Waals surface area contributed by atoms with Crippen molar-refractivity contribution in [2.45, 2.75) is 33.1 Å². The predicted octanol–water partition coefficient (Wildman–Crippen LogP) is 3.64. The lowest BCUT2D eigenvalue weighted by atomic mass is 10.1. The fourth-order valence-electron chi connectivity index (χ4n) is 1.83. The van der Waals surface area contributed by atoms with E-state index in [0.717, 1.165) is 35.8 Å². The molecule has 0 saturated carbocycles. The van der Waals surface area contributed by atoms with Crippen LogP contribution in [0.5, 0.6) is 0 Å². The van der Waals surface area contributed by atoms with E-state index >= 15 is 0 Å². The highest BCUT2D eigenvalue weighted by Gasteiger charge is 2.01. The molecule has 1 aromatic carbocycles. The van der Waals surface area contributed by atoms with E-state index in [1.54, 1.807) is 0 Å². The minimum Gasteiger partial charge on any atom is -0.423 e. The zero-order valence-electron chi connectivity index (χ0n) is 10.7. The highest BCUT2D eigenvalue weighted by atomic mass is 16.4. The van der Waals surface area contributed by atoms with Crippen LogP contribution in [-0.2, 0) is 0 Å². The average Bonchev–Trinajstić information content (AvgIpc) is 2.34. The van der Waals surface area contributed by atoms with E-state index in [9.17, 15) is 4.79 Å². The third kappa shape index (κ3) is 2.81. The summed E-state index contributed by atoms with van der Waals surface area (Å²) in [6, 6.07) is 7.27. The van der Waals surface area contributed by atoms with Crippen LogP contribution in [0.25, 0.3) is 11.0 Å². The number of fused-ring (bicyclic) bond motifs is 1. The summed E-state index contributed by atoms with van der Waals surface area (Å²) in [5, 5.41) is 0.966. The van der Waals surface area contributed by atoms with Crippen LogP contribution in [0.2, 0.25) is 0 Å². The molecule has 0 aliphatic heterocycles. The molecule has 0 amide bonds. The van der Waals surface area contributed by atoms with Gasteiger partial charge in [0.15, 0.2) is 0 Å². The van der Waals surface area contributed by atoms with Crippen LogP contribution in [-0.4, -0.2) is 0 Å². The first kappa shape index (κ1) is 12.4. The van der Waals surface area contributed by atoms with E-state index in [2.05, 4.69) is 18.8 Å². The van der Waals surface area contributed by atoms with Crippen molar-refractivity contribution < 1.29 is 4.42 Å². The fraction of sp³-hybridized carbons (Fsp3) is 0.312. The molecular formula is C16H16O2. The van der Waals surface area contributed by atoms with E-state index < -0.39 is 0 Å². The Kier molecular flexibility index (Phi) is 3.84. The summed E-state index contributed by atoms with van der Waals surface area (Å²) in [7, 11) is 0. The molecule has 1 heterocycles. The molecule has 2 heteroatoms.